The molecule has 0 amide bonds. The molecule has 3 aromatic rings. The number of H-pyrrole nitrogens is 1. The fourth-order valence-corrected chi connectivity index (χ4v) is 4.48. The van der Waals surface area contributed by atoms with Gasteiger partial charge in [-0.15, -0.1) is 0 Å². The first-order chi connectivity index (χ1) is 14.3. The Morgan fingerprint density at radius 1 is 1.23 bits per heavy atom. The summed E-state index contributed by atoms with van der Waals surface area (Å²) in [4.78, 5) is 21.5. The second-order valence-electron chi connectivity index (χ2n) is 9.17. The summed E-state index contributed by atoms with van der Waals surface area (Å²) in [5, 5.41) is 3.96. The normalized spacial score (nSPS) is 22.1. The largest absolute Gasteiger partial charge is 0.351 e. The zero-order chi connectivity index (χ0) is 21.1. The van der Waals surface area contributed by atoms with Crippen LogP contribution in [0.1, 0.15) is 52.5 Å². The molecule has 0 aromatic carbocycles. The van der Waals surface area contributed by atoms with Crippen LogP contribution in [-0.2, 0) is 5.41 Å². The van der Waals surface area contributed by atoms with Crippen molar-refractivity contribution in [3.8, 4) is 11.1 Å². The Bertz CT molecular complexity index is 1160. The number of rotatable bonds is 5. The number of aromatic nitrogens is 4. The van der Waals surface area contributed by atoms with Crippen LogP contribution in [0.2, 0.25) is 0 Å². The van der Waals surface area contributed by atoms with Gasteiger partial charge in [-0.25, -0.2) is 19.4 Å². The lowest BCUT2D eigenvalue weighted by molar-refractivity contribution is 0.0782. The first-order valence-electron chi connectivity index (χ1n) is 10.6. The van der Waals surface area contributed by atoms with E-state index in [9.17, 15) is 4.39 Å². The van der Waals surface area contributed by atoms with Crippen molar-refractivity contribution in [2.45, 2.75) is 58.0 Å². The van der Waals surface area contributed by atoms with E-state index < -0.39 is 5.67 Å². The predicted molar refractivity (Wildman–Crippen MR) is 118 cm³/mol. The molecule has 7 heteroatoms. The summed E-state index contributed by atoms with van der Waals surface area (Å²) < 4.78 is 14.2. The molecule has 0 spiro atoms. The first-order valence-corrected chi connectivity index (χ1v) is 10.6. The SMILES string of the molecule is CC1=Nc2ncc(-c3c[nH]c4nc(NCC5(F)CCC5)ncc34)cc2[C@@]1(C)C(C)C. The Kier molecular flexibility index (Phi) is 4.21. The van der Waals surface area contributed by atoms with Crippen molar-refractivity contribution < 1.29 is 4.39 Å². The minimum Gasteiger partial charge on any atom is -0.351 e. The van der Waals surface area contributed by atoms with E-state index in [2.05, 4.69) is 59.0 Å². The Morgan fingerprint density at radius 2 is 2.03 bits per heavy atom. The molecule has 0 radical (unpaired) electrons. The highest BCUT2D eigenvalue weighted by Gasteiger charge is 2.40. The number of nitrogens with one attached hydrogen (secondary N) is 2. The number of hydrogen-bond donors (Lipinski definition) is 2. The van der Waals surface area contributed by atoms with E-state index in [4.69, 9.17) is 4.99 Å². The third-order valence-electron chi connectivity index (χ3n) is 7.16. The molecule has 3 aromatic heterocycles. The van der Waals surface area contributed by atoms with E-state index in [0.717, 1.165) is 45.7 Å². The molecular weight excluding hydrogens is 379 g/mol. The molecule has 1 aliphatic carbocycles. The third kappa shape index (κ3) is 2.82. The highest BCUT2D eigenvalue weighted by Crippen LogP contribution is 2.45. The molecule has 5 rings (SSSR count). The summed E-state index contributed by atoms with van der Waals surface area (Å²) in [6.07, 6.45) is 7.76. The summed E-state index contributed by atoms with van der Waals surface area (Å²) >= 11 is 0. The van der Waals surface area contributed by atoms with Crippen molar-refractivity contribution in [2.75, 3.05) is 11.9 Å². The van der Waals surface area contributed by atoms with Gasteiger partial charge in [0.2, 0.25) is 5.95 Å². The first kappa shape index (κ1) is 19.2. The standard InChI is InChI=1S/C23H27FN6/c1-13(2)22(4)14(3)29-20-18(22)8-15(9-25-20)16-10-26-19-17(16)11-27-21(30-19)28-12-23(24)6-5-7-23/h8-11,13H,5-7,12H2,1-4H3,(H2,26,27,28,30)/t22-/m0/s1. The summed E-state index contributed by atoms with van der Waals surface area (Å²) in [7, 11) is 0. The number of aliphatic imine (C=N–C) groups is 1. The van der Waals surface area contributed by atoms with Gasteiger partial charge in [0.1, 0.15) is 11.3 Å². The molecule has 156 valence electrons. The van der Waals surface area contributed by atoms with Gasteiger partial charge in [0.15, 0.2) is 5.82 Å². The zero-order valence-electron chi connectivity index (χ0n) is 17.9. The number of hydrogen-bond acceptors (Lipinski definition) is 5. The monoisotopic (exact) mass is 406 g/mol. The Balaban J connectivity index is 1.47. The highest BCUT2D eigenvalue weighted by atomic mass is 19.1. The molecule has 2 aliphatic rings. The molecule has 0 unspecified atom stereocenters. The topological polar surface area (TPSA) is 78.8 Å². The van der Waals surface area contributed by atoms with E-state index in [1.165, 1.54) is 0 Å². The minimum atomic E-state index is -1.11. The fourth-order valence-electron chi connectivity index (χ4n) is 4.48. The number of pyridine rings is 1. The van der Waals surface area contributed by atoms with Gasteiger partial charge in [-0.05, 0) is 45.1 Å². The van der Waals surface area contributed by atoms with Crippen LogP contribution >= 0.6 is 0 Å². The average Bonchev–Trinajstić information content (AvgIpc) is 3.24. The molecule has 1 atom stereocenters. The molecule has 4 heterocycles. The van der Waals surface area contributed by atoms with Gasteiger partial charge in [0, 0.05) is 51.8 Å². The van der Waals surface area contributed by atoms with Gasteiger partial charge in [-0.1, -0.05) is 13.8 Å². The smallest absolute Gasteiger partial charge is 0.224 e. The van der Waals surface area contributed by atoms with Gasteiger partial charge in [-0.3, -0.25) is 0 Å². The summed E-state index contributed by atoms with van der Waals surface area (Å²) in [6.45, 7) is 9.03. The molecule has 2 N–H and O–H groups in total. The maximum Gasteiger partial charge on any atom is 0.224 e. The second-order valence-corrected chi connectivity index (χ2v) is 9.17. The lowest BCUT2D eigenvalue weighted by Gasteiger charge is -2.33. The number of halogens is 1. The van der Waals surface area contributed by atoms with Gasteiger partial charge in [0.05, 0.1) is 6.54 Å². The van der Waals surface area contributed by atoms with Gasteiger partial charge < -0.3 is 10.3 Å². The van der Waals surface area contributed by atoms with Crippen LogP contribution in [0, 0.1) is 5.92 Å². The Labute approximate surface area is 175 Å². The van der Waals surface area contributed by atoms with Crippen LogP contribution in [0.25, 0.3) is 22.2 Å². The summed E-state index contributed by atoms with van der Waals surface area (Å²) in [5.74, 6) is 1.67. The molecule has 1 aliphatic heterocycles. The van der Waals surface area contributed by atoms with Crippen molar-refractivity contribution in [2.24, 2.45) is 10.9 Å². The van der Waals surface area contributed by atoms with Crippen molar-refractivity contribution in [3.63, 3.8) is 0 Å². The maximum atomic E-state index is 14.2. The zero-order valence-corrected chi connectivity index (χ0v) is 17.9. The summed E-state index contributed by atoms with van der Waals surface area (Å²) in [5.41, 5.74) is 3.77. The number of nitrogens with zero attached hydrogens (tertiary/aromatic N) is 4. The van der Waals surface area contributed by atoms with E-state index in [1.54, 1.807) is 6.20 Å². The lowest BCUT2D eigenvalue weighted by atomic mass is 9.71. The van der Waals surface area contributed by atoms with Crippen LogP contribution in [0.15, 0.2) is 29.6 Å². The molecule has 0 saturated heterocycles. The predicted octanol–water partition coefficient (Wildman–Crippen LogP) is 5.34. The third-order valence-corrected chi connectivity index (χ3v) is 7.16. The van der Waals surface area contributed by atoms with Crippen molar-refractivity contribution in [3.05, 3.63) is 30.2 Å². The van der Waals surface area contributed by atoms with Crippen LogP contribution in [0.3, 0.4) is 0 Å². The maximum absolute atomic E-state index is 14.2. The lowest BCUT2D eigenvalue weighted by Crippen LogP contribution is -2.39. The van der Waals surface area contributed by atoms with Crippen molar-refractivity contribution in [1.29, 1.82) is 0 Å². The number of alkyl halides is 1. The average molecular weight is 407 g/mol. The van der Waals surface area contributed by atoms with E-state index in [1.807, 2.05) is 12.4 Å². The van der Waals surface area contributed by atoms with E-state index in [-0.39, 0.29) is 12.0 Å². The van der Waals surface area contributed by atoms with Gasteiger partial charge >= 0.3 is 0 Å². The van der Waals surface area contributed by atoms with Crippen LogP contribution in [-0.4, -0.2) is 37.9 Å². The quantitative estimate of drug-likeness (QED) is 0.599. The van der Waals surface area contributed by atoms with Crippen LogP contribution in [0.5, 0.6) is 0 Å². The summed E-state index contributed by atoms with van der Waals surface area (Å²) in [6, 6.07) is 2.19. The fraction of sp³-hybridized carbons (Fsp3) is 0.478. The van der Waals surface area contributed by atoms with Crippen molar-refractivity contribution in [1.82, 2.24) is 19.9 Å². The molecule has 6 nitrogen and oxygen atoms in total. The molecular formula is C23H27FN6. The second kappa shape index (κ2) is 6.59. The molecule has 30 heavy (non-hydrogen) atoms. The van der Waals surface area contributed by atoms with Crippen molar-refractivity contribution >= 4 is 28.5 Å². The highest BCUT2D eigenvalue weighted by molar-refractivity contribution is 6.00. The number of aromatic amines is 1. The Hall–Kier alpha value is -2.83. The minimum absolute atomic E-state index is 0.123. The Morgan fingerprint density at radius 3 is 2.73 bits per heavy atom. The van der Waals surface area contributed by atoms with E-state index >= 15 is 0 Å². The number of fused-ring (bicyclic) bond motifs is 2. The van der Waals surface area contributed by atoms with Gasteiger partial charge in [-0.2, -0.15) is 4.98 Å². The number of anilines is 1. The van der Waals surface area contributed by atoms with Gasteiger partial charge in [0.25, 0.3) is 0 Å². The molecule has 0 bridgehead atoms. The van der Waals surface area contributed by atoms with E-state index in [0.29, 0.717) is 24.7 Å². The van der Waals surface area contributed by atoms with Crippen LogP contribution in [0.4, 0.5) is 16.2 Å². The molecule has 1 saturated carbocycles. The van der Waals surface area contributed by atoms with Crippen LogP contribution < -0.4 is 5.32 Å². The molecule has 1 fully saturated rings.